The lowest BCUT2D eigenvalue weighted by Crippen LogP contribution is -2.32. The molecule has 6 heteroatoms. The summed E-state index contributed by atoms with van der Waals surface area (Å²) in [5.41, 5.74) is -0.0593. The van der Waals surface area contributed by atoms with Crippen molar-refractivity contribution in [2.45, 2.75) is 58.8 Å². The third kappa shape index (κ3) is 6.69. The van der Waals surface area contributed by atoms with E-state index < -0.39 is 24.2 Å². The van der Waals surface area contributed by atoms with E-state index in [4.69, 9.17) is 8.43 Å². The molecule has 0 radical (unpaired) electrons. The molecule has 15 heavy (non-hydrogen) atoms. The van der Waals surface area contributed by atoms with Crippen molar-refractivity contribution >= 4 is 24.2 Å². The molecule has 0 rings (SSSR count). The van der Waals surface area contributed by atoms with Crippen LogP contribution in [0.15, 0.2) is 0 Å². The van der Waals surface area contributed by atoms with Gasteiger partial charge in [-0.3, -0.25) is 4.57 Å². The Morgan fingerprint density at radius 2 is 1.13 bits per heavy atom. The molecule has 0 spiro atoms. The molecular formula is C9H25O3PSi2. The quantitative estimate of drug-likeness (QED) is 0.551. The van der Waals surface area contributed by atoms with Crippen LogP contribution in [-0.2, 0) is 13.0 Å². The lowest BCUT2D eigenvalue weighted by Gasteiger charge is -2.33. The van der Waals surface area contributed by atoms with Crippen LogP contribution < -0.4 is 0 Å². The largest absolute Gasteiger partial charge is 0.351 e. The van der Waals surface area contributed by atoms with Gasteiger partial charge in [-0.15, -0.1) is 0 Å². The van der Waals surface area contributed by atoms with Crippen LogP contribution in [0.5, 0.6) is 0 Å². The molecule has 3 nitrogen and oxygen atoms in total. The Kier molecular flexibility index (Phi) is 5.03. The topological polar surface area (TPSA) is 35.5 Å². The van der Waals surface area contributed by atoms with Crippen molar-refractivity contribution in [3.05, 3.63) is 0 Å². The predicted molar refractivity (Wildman–Crippen MR) is 71.6 cm³/mol. The summed E-state index contributed by atoms with van der Waals surface area (Å²) >= 11 is 0. The summed E-state index contributed by atoms with van der Waals surface area (Å²) in [6.45, 7) is 16.0. The summed E-state index contributed by atoms with van der Waals surface area (Å²) in [5, 5.41) is 0. The van der Waals surface area contributed by atoms with Crippen LogP contribution >= 0.6 is 7.60 Å². The molecule has 0 saturated carbocycles. The molecule has 0 aromatic heterocycles. The van der Waals surface area contributed by atoms with Crippen LogP contribution in [0.3, 0.4) is 0 Å². The summed E-state index contributed by atoms with van der Waals surface area (Å²) in [6, 6.07) is 0. The summed E-state index contributed by atoms with van der Waals surface area (Å²) in [4.78, 5) is 0. The number of hydrogen-bond acceptors (Lipinski definition) is 3. The van der Waals surface area contributed by atoms with Crippen molar-refractivity contribution < 1.29 is 13.0 Å². The molecule has 0 N–H and O–H groups in total. The van der Waals surface area contributed by atoms with Gasteiger partial charge in [0, 0.05) is 0 Å². The third-order valence-electron chi connectivity index (χ3n) is 1.43. The van der Waals surface area contributed by atoms with Crippen LogP contribution in [0.2, 0.25) is 39.3 Å². The first-order valence-electron chi connectivity index (χ1n) is 5.37. The van der Waals surface area contributed by atoms with Gasteiger partial charge in [0.15, 0.2) is 16.6 Å². The highest BCUT2D eigenvalue weighted by atomic mass is 31.2. The molecule has 0 bridgehead atoms. The van der Waals surface area contributed by atoms with Crippen molar-refractivity contribution in [1.29, 1.82) is 0 Å². The normalized spacial score (nSPS) is 14.7. The maximum atomic E-state index is 12.6. The fourth-order valence-electron chi connectivity index (χ4n) is 0.993. The van der Waals surface area contributed by atoms with Crippen LogP contribution in [-0.4, -0.2) is 22.3 Å². The Hall–Kier alpha value is 0.584. The molecule has 0 aromatic rings. The summed E-state index contributed by atoms with van der Waals surface area (Å²) in [6.07, 6.45) is 0. The van der Waals surface area contributed by atoms with E-state index in [9.17, 15) is 4.57 Å². The average Bonchev–Trinajstić information content (AvgIpc) is 1.75. The van der Waals surface area contributed by atoms with Gasteiger partial charge >= 0.3 is 7.60 Å². The van der Waals surface area contributed by atoms with Gasteiger partial charge in [0.25, 0.3) is 0 Å². The van der Waals surface area contributed by atoms with Crippen LogP contribution in [0.25, 0.3) is 0 Å². The van der Waals surface area contributed by atoms with Gasteiger partial charge in [0.1, 0.15) is 0 Å². The molecular weight excluding hydrogens is 243 g/mol. The van der Waals surface area contributed by atoms with E-state index >= 15 is 0 Å². The summed E-state index contributed by atoms with van der Waals surface area (Å²) < 4.78 is 24.1. The van der Waals surface area contributed by atoms with E-state index in [-0.39, 0.29) is 5.66 Å². The molecule has 0 aliphatic heterocycles. The molecule has 0 atom stereocenters. The minimum absolute atomic E-state index is 0.0593. The molecule has 0 unspecified atom stereocenters. The lowest BCUT2D eigenvalue weighted by molar-refractivity contribution is 0.373. The van der Waals surface area contributed by atoms with Crippen molar-refractivity contribution in [1.82, 2.24) is 0 Å². The first-order chi connectivity index (χ1) is 6.36. The van der Waals surface area contributed by atoms with Crippen LogP contribution in [0.1, 0.15) is 13.8 Å². The van der Waals surface area contributed by atoms with Crippen LogP contribution in [0.4, 0.5) is 0 Å². The molecule has 0 amide bonds. The summed E-state index contributed by atoms with van der Waals surface area (Å²) in [7, 11) is -6.55. The molecule has 0 aromatic carbocycles. The zero-order chi connectivity index (χ0) is 12.5. The maximum Gasteiger partial charge on any atom is 0.313 e. The first kappa shape index (κ1) is 15.6. The van der Waals surface area contributed by atoms with Gasteiger partial charge in [0.2, 0.25) is 0 Å². The molecule has 92 valence electrons. The van der Waals surface area contributed by atoms with Crippen molar-refractivity contribution in [2.75, 3.05) is 0 Å². The Morgan fingerprint density at radius 3 is 1.27 bits per heavy atom. The number of hydrogen-bond donors (Lipinski definition) is 0. The van der Waals surface area contributed by atoms with Gasteiger partial charge in [0.05, 0.1) is 5.66 Å². The summed E-state index contributed by atoms with van der Waals surface area (Å²) in [5.74, 6) is 0. The first-order valence-corrected chi connectivity index (χ1v) is 13.8. The third-order valence-corrected chi connectivity index (χ3v) is 9.12. The second-order valence-corrected chi connectivity index (χ2v) is 18.1. The second-order valence-electron chi connectivity index (χ2n) is 6.04. The molecule has 0 aliphatic carbocycles. The average molecular weight is 268 g/mol. The monoisotopic (exact) mass is 268 g/mol. The Labute approximate surface area is 96.4 Å². The smallest absolute Gasteiger partial charge is 0.313 e. The van der Waals surface area contributed by atoms with Gasteiger partial charge in [-0.25, -0.2) is 0 Å². The van der Waals surface area contributed by atoms with Gasteiger partial charge in [-0.1, -0.05) is 13.8 Å². The van der Waals surface area contributed by atoms with Gasteiger partial charge in [-0.2, -0.15) is 0 Å². The van der Waals surface area contributed by atoms with E-state index in [0.29, 0.717) is 0 Å². The molecule has 0 fully saturated rings. The van der Waals surface area contributed by atoms with Crippen LogP contribution in [0, 0.1) is 0 Å². The fraction of sp³-hybridized carbons (Fsp3) is 1.00. The second kappa shape index (κ2) is 4.84. The Balaban J connectivity index is 4.86. The van der Waals surface area contributed by atoms with E-state index in [1.165, 1.54) is 0 Å². The van der Waals surface area contributed by atoms with E-state index in [2.05, 4.69) is 0 Å². The lowest BCUT2D eigenvalue weighted by atomic mass is 10.6. The minimum atomic E-state index is -2.91. The molecule has 0 saturated heterocycles. The number of rotatable bonds is 5. The van der Waals surface area contributed by atoms with E-state index in [1.807, 2.05) is 53.1 Å². The highest BCUT2D eigenvalue weighted by Crippen LogP contribution is 2.56. The molecule has 0 aliphatic rings. The van der Waals surface area contributed by atoms with Gasteiger partial charge < -0.3 is 8.43 Å². The predicted octanol–water partition coefficient (Wildman–Crippen LogP) is 4.29. The van der Waals surface area contributed by atoms with E-state index in [1.54, 1.807) is 0 Å². The van der Waals surface area contributed by atoms with Crippen molar-refractivity contribution in [3.63, 3.8) is 0 Å². The fourth-order valence-corrected chi connectivity index (χ4v) is 9.27. The maximum absolute atomic E-state index is 12.6. The van der Waals surface area contributed by atoms with Crippen molar-refractivity contribution in [2.24, 2.45) is 0 Å². The van der Waals surface area contributed by atoms with E-state index in [0.717, 1.165) is 0 Å². The zero-order valence-electron chi connectivity index (χ0n) is 11.2. The zero-order valence-corrected chi connectivity index (χ0v) is 14.1. The highest BCUT2D eigenvalue weighted by molar-refractivity contribution is 7.57. The molecule has 0 heterocycles. The SMILES string of the molecule is CC(C)P(=O)(O[Si](C)(C)C)O[Si](C)(C)C. The minimum Gasteiger partial charge on any atom is -0.351 e. The van der Waals surface area contributed by atoms with Gasteiger partial charge in [-0.05, 0) is 39.3 Å². The standard InChI is InChI=1S/C9H25O3PSi2/c1-9(2)13(10,11-14(3,4)5)12-15(6,7)8/h9H,1-8H3. The Bertz CT molecular complexity index is 233. The highest BCUT2D eigenvalue weighted by Gasteiger charge is 2.38. The van der Waals surface area contributed by atoms with Crippen molar-refractivity contribution in [3.8, 4) is 0 Å². The Morgan fingerprint density at radius 1 is 0.867 bits per heavy atom.